The van der Waals surface area contributed by atoms with Crippen molar-refractivity contribution in [2.45, 2.75) is 31.7 Å². The summed E-state index contributed by atoms with van der Waals surface area (Å²) in [6, 6.07) is 17.9. The van der Waals surface area contributed by atoms with Gasteiger partial charge in [0.25, 0.3) is 0 Å². The normalized spacial score (nSPS) is 11.0. The molecule has 0 saturated carbocycles. The van der Waals surface area contributed by atoms with Crippen molar-refractivity contribution in [1.29, 1.82) is 0 Å². The predicted molar refractivity (Wildman–Crippen MR) is 133 cm³/mol. The van der Waals surface area contributed by atoms with Crippen LogP contribution in [0, 0.1) is 6.92 Å². The van der Waals surface area contributed by atoms with Crippen LogP contribution in [0.3, 0.4) is 0 Å². The molecule has 2 heterocycles. The summed E-state index contributed by atoms with van der Waals surface area (Å²) in [5.41, 5.74) is 3.70. The van der Waals surface area contributed by atoms with Crippen molar-refractivity contribution >= 4 is 44.4 Å². The van der Waals surface area contributed by atoms with E-state index < -0.39 is 0 Å². The predicted octanol–water partition coefficient (Wildman–Crippen LogP) is 5.90. The lowest BCUT2D eigenvalue weighted by Crippen LogP contribution is -2.32. The van der Waals surface area contributed by atoms with E-state index >= 15 is 0 Å². The van der Waals surface area contributed by atoms with Gasteiger partial charge in [0.15, 0.2) is 5.13 Å². The molecule has 0 unspecified atom stereocenters. The minimum absolute atomic E-state index is 0.0118. The zero-order valence-corrected chi connectivity index (χ0v) is 20.0. The fourth-order valence-corrected chi connectivity index (χ4v) is 5.16. The monoisotopic (exact) mass is 463 g/mol. The number of carbonyl (C=O) groups is 1. The maximum atomic E-state index is 13.5. The van der Waals surface area contributed by atoms with Crippen LogP contribution < -0.4 is 9.64 Å². The standard InChI is InChI=1S/C25H25N3O2S2/c1-4-31-20-11-9-18(10-12-20)15-22(29)28(16-19-7-5-6-14-26-19)25-27-23-21(30-3)13-8-17(2)24(23)32-25/h5-14H,4,15-16H2,1-3H3. The fourth-order valence-electron chi connectivity index (χ4n) is 3.43. The van der Waals surface area contributed by atoms with Gasteiger partial charge in [-0.3, -0.25) is 14.7 Å². The molecule has 2 aromatic carbocycles. The van der Waals surface area contributed by atoms with E-state index in [1.54, 1.807) is 30.0 Å². The van der Waals surface area contributed by atoms with E-state index in [1.807, 2.05) is 49.4 Å². The Kier molecular flexibility index (Phi) is 7.07. The Morgan fingerprint density at radius 1 is 1.12 bits per heavy atom. The Morgan fingerprint density at radius 3 is 2.62 bits per heavy atom. The summed E-state index contributed by atoms with van der Waals surface area (Å²) in [4.78, 5) is 25.7. The number of benzene rings is 2. The van der Waals surface area contributed by atoms with Crippen LogP contribution in [0.1, 0.15) is 23.7 Å². The molecule has 0 N–H and O–H groups in total. The summed E-state index contributed by atoms with van der Waals surface area (Å²) < 4.78 is 6.53. The molecule has 2 aromatic heterocycles. The lowest BCUT2D eigenvalue weighted by molar-refractivity contribution is -0.118. The number of hydrogen-bond donors (Lipinski definition) is 0. The van der Waals surface area contributed by atoms with Crippen molar-refractivity contribution in [3.8, 4) is 5.75 Å². The minimum atomic E-state index is -0.0118. The van der Waals surface area contributed by atoms with Crippen LogP contribution in [0.25, 0.3) is 10.2 Å². The van der Waals surface area contributed by atoms with E-state index in [-0.39, 0.29) is 5.91 Å². The molecule has 5 nitrogen and oxygen atoms in total. The topological polar surface area (TPSA) is 55.3 Å². The maximum absolute atomic E-state index is 13.5. The van der Waals surface area contributed by atoms with Gasteiger partial charge in [-0.05, 0) is 54.1 Å². The van der Waals surface area contributed by atoms with Crippen LogP contribution in [0.15, 0.2) is 65.7 Å². The van der Waals surface area contributed by atoms with Crippen LogP contribution in [-0.2, 0) is 17.8 Å². The maximum Gasteiger partial charge on any atom is 0.233 e. The van der Waals surface area contributed by atoms with Crippen molar-refractivity contribution in [3.05, 3.63) is 77.6 Å². The molecule has 4 aromatic rings. The molecule has 0 atom stereocenters. The molecule has 1 amide bonds. The van der Waals surface area contributed by atoms with Crippen LogP contribution in [0.4, 0.5) is 5.13 Å². The van der Waals surface area contributed by atoms with Gasteiger partial charge in [-0.25, -0.2) is 4.98 Å². The third-order valence-electron chi connectivity index (χ3n) is 5.08. The Morgan fingerprint density at radius 2 is 1.94 bits per heavy atom. The second kappa shape index (κ2) is 10.1. The van der Waals surface area contributed by atoms with E-state index in [4.69, 9.17) is 9.72 Å². The number of fused-ring (bicyclic) bond motifs is 1. The SMILES string of the molecule is CCSc1ccc(CC(=O)N(Cc2ccccn2)c2nc3c(OC)ccc(C)c3s2)cc1. The van der Waals surface area contributed by atoms with Gasteiger partial charge in [0.1, 0.15) is 11.3 Å². The van der Waals surface area contributed by atoms with Gasteiger partial charge < -0.3 is 4.74 Å². The zero-order valence-electron chi connectivity index (χ0n) is 18.4. The van der Waals surface area contributed by atoms with Crippen molar-refractivity contribution in [2.24, 2.45) is 0 Å². The Labute approximate surface area is 196 Å². The number of rotatable bonds is 8. The number of hydrogen-bond acceptors (Lipinski definition) is 6. The van der Waals surface area contributed by atoms with Gasteiger partial charge in [0, 0.05) is 11.1 Å². The average molecular weight is 464 g/mol. The molecule has 0 spiro atoms. The summed E-state index contributed by atoms with van der Waals surface area (Å²) >= 11 is 3.30. The summed E-state index contributed by atoms with van der Waals surface area (Å²) in [5, 5.41) is 0.654. The first-order valence-corrected chi connectivity index (χ1v) is 12.3. The van der Waals surface area contributed by atoms with Crippen LogP contribution >= 0.6 is 23.1 Å². The average Bonchev–Trinajstić information content (AvgIpc) is 3.26. The lowest BCUT2D eigenvalue weighted by Gasteiger charge is -2.19. The number of amides is 1. The molecule has 0 bridgehead atoms. The van der Waals surface area contributed by atoms with E-state index in [2.05, 4.69) is 24.0 Å². The number of thioether (sulfide) groups is 1. The molecule has 0 aliphatic rings. The van der Waals surface area contributed by atoms with E-state index in [0.717, 1.165) is 32.8 Å². The Bertz CT molecular complexity index is 1210. The smallest absolute Gasteiger partial charge is 0.233 e. The largest absolute Gasteiger partial charge is 0.494 e. The van der Waals surface area contributed by atoms with Gasteiger partial charge in [0.2, 0.25) is 5.91 Å². The molecule has 0 radical (unpaired) electrons. The van der Waals surface area contributed by atoms with Gasteiger partial charge in [0.05, 0.1) is 30.5 Å². The molecule has 0 aliphatic carbocycles. The van der Waals surface area contributed by atoms with Gasteiger partial charge in [-0.15, -0.1) is 11.8 Å². The number of thiazole rings is 1. The highest BCUT2D eigenvalue weighted by Crippen LogP contribution is 2.37. The number of ether oxygens (including phenoxy) is 1. The van der Waals surface area contributed by atoms with Gasteiger partial charge in [-0.1, -0.05) is 42.5 Å². The number of methoxy groups -OCH3 is 1. The Balaban J connectivity index is 1.68. The quantitative estimate of drug-likeness (QED) is 0.305. The summed E-state index contributed by atoms with van der Waals surface area (Å²) in [5.74, 6) is 1.72. The number of aryl methyl sites for hydroxylation is 1. The number of carbonyl (C=O) groups excluding carboxylic acids is 1. The first-order valence-electron chi connectivity index (χ1n) is 10.4. The highest BCUT2D eigenvalue weighted by Gasteiger charge is 2.22. The van der Waals surface area contributed by atoms with Crippen LogP contribution in [0.5, 0.6) is 5.75 Å². The van der Waals surface area contributed by atoms with Gasteiger partial charge in [-0.2, -0.15) is 0 Å². The van der Waals surface area contributed by atoms with Crippen LogP contribution in [-0.4, -0.2) is 28.7 Å². The van der Waals surface area contributed by atoms with E-state index in [9.17, 15) is 4.79 Å². The summed E-state index contributed by atoms with van der Waals surface area (Å²) in [7, 11) is 1.64. The number of pyridine rings is 1. The van der Waals surface area contributed by atoms with E-state index in [0.29, 0.717) is 23.8 Å². The highest BCUT2D eigenvalue weighted by molar-refractivity contribution is 7.99. The lowest BCUT2D eigenvalue weighted by atomic mass is 10.1. The summed E-state index contributed by atoms with van der Waals surface area (Å²) in [6.07, 6.45) is 2.05. The zero-order chi connectivity index (χ0) is 22.5. The molecule has 164 valence electrons. The molecular weight excluding hydrogens is 438 g/mol. The van der Waals surface area contributed by atoms with Crippen molar-refractivity contribution < 1.29 is 9.53 Å². The Hall–Kier alpha value is -2.90. The van der Waals surface area contributed by atoms with E-state index in [1.165, 1.54) is 16.2 Å². The molecule has 0 saturated heterocycles. The molecular formula is C25H25N3O2S2. The molecule has 0 fully saturated rings. The first-order chi connectivity index (χ1) is 15.6. The number of nitrogens with zero attached hydrogens (tertiary/aromatic N) is 3. The third-order valence-corrected chi connectivity index (χ3v) is 7.19. The second-order valence-corrected chi connectivity index (χ2v) is 9.63. The molecule has 32 heavy (non-hydrogen) atoms. The molecule has 7 heteroatoms. The van der Waals surface area contributed by atoms with Crippen LogP contribution in [0.2, 0.25) is 0 Å². The van der Waals surface area contributed by atoms with Gasteiger partial charge >= 0.3 is 0 Å². The molecule has 4 rings (SSSR count). The fraction of sp³-hybridized carbons (Fsp3) is 0.240. The van der Waals surface area contributed by atoms with Crippen molar-refractivity contribution in [3.63, 3.8) is 0 Å². The number of anilines is 1. The highest BCUT2D eigenvalue weighted by atomic mass is 32.2. The third kappa shape index (κ3) is 4.95. The number of aromatic nitrogens is 2. The van der Waals surface area contributed by atoms with Crippen molar-refractivity contribution in [1.82, 2.24) is 9.97 Å². The molecule has 0 aliphatic heterocycles. The second-order valence-electron chi connectivity index (χ2n) is 7.31. The minimum Gasteiger partial charge on any atom is -0.494 e. The summed E-state index contributed by atoms with van der Waals surface area (Å²) in [6.45, 7) is 4.54. The van der Waals surface area contributed by atoms with Crippen molar-refractivity contribution in [2.75, 3.05) is 17.8 Å². The first kappa shape index (κ1) is 22.3.